The van der Waals surface area contributed by atoms with Crippen LogP contribution in [0.5, 0.6) is 11.5 Å². The number of methoxy groups -OCH3 is 1. The number of hydrogen-bond acceptors (Lipinski definition) is 5. The normalized spacial score (nSPS) is 17.2. The van der Waals surface area contributed by atoms with Crippen LogP contribution in [0.2, 0.25) is 5.02 Å². The molecule has 1 heterocycles. The summed E-state index contributed by atoms with van der Waals surface area (Å²) in [5.41, 5.74) is 0.338. The summed E-state index contributed by atoms with van der Waals surface area (Å²) in [6, 6.07) is 15.6. The third-order valence-corrected chi connectivity index (χ3v) is 5.79. The Labute approximate surface area is 200 Å². The number of rotatable bonds is 6. The number of ether oxygens (including phenoxy) is 2. The van der Waals surface area contributed by atoms with Crippen LogP contribution in [0.15, 0.2) is 72.3 Å². The first-order valence-electron chi connectivity index (χ1n) is 10.5. The third kappa shape index (κ3) is 4.10. The first kappa shape index (κ1) is 23.3. The van der Waals surface area contributed by atoms with Crippen LogP contribution >= 0.6 is 11.6 Å². The number of carbonyl (C=O) groups is 2. The van der Waals surface area contributed by atoms with Gasteiger partial charge in [0.1, 0.15) is 23.1 Å². The number of hydrogen-bond donors (Lipinski definition) is 1. The molecule has 0 bridgehead atoms. The second-order valence-corrected chi connectivity index (χ2v) is 7.88. The molecule has 1 unspecified atom stereocenters. The van der Waals surface area contributed by atoms with Crippen LogP contribution in [-0.4, -0.2) is 30.5 Å². The number of aliphatic hydroxyl groups is 1. The number of aliphatic hydroxyl groups excluding tert-OH is 1. The van der Waals surface area contributed by atoms with E-state index in [1.54, 1.807) is 37.3 Å². The Morgan fingerprint density at radius 2 is 1.85 bits per heavy atom. The van der Waals surface area contributed by atoms with Crippen molar-refractivity contribution in [3.05, 3.63) is 94.3 Å². The summed E-state index contributed by atoms with van der Waals surface area (Å²) >= 11 is 6.15. The first-order valence-corrected chi connectivity index (χ1v) is 10.9. The summed E-state index contributed by atoms with van der Waals surface area (Å²) in [7, 11) is 1.47. The number of amides is 1. The van der Waals surface area contributed by atoms with Crippen molar-refractivity contribution in [2.75, 3.05) is 18.6 Å². The minimum Gasteiger partial charge on any atom is -0.507 e. The lowest BCUT2D eigenvalue weighted by atomic mass is 9.94. The van der Waals surface area contributed by atoms with Gasteiger partial charge in [-0.3, -0.25) is 14.5 Å². The van der Waals surface area contributed by atoms with Gasteiger partial charge in [-0.25, -0.2) is 4.39 Å². The number of halogens is 2. The van der Waals surface area contributed by atoms with Gasteiger partial charge < -0.3 is 14.6 Å². The van der Waals surface area contributed by atoms with E-state index in [1.807, 2.05) is 0 Å². The number of benzene rings is 3. The maximum absolute atomic E-state index is 15.0. The Bertz CT molecular complexity index is 1310. The topological polar surface area (TPSA) is 76.1 Å². The van der Waals surface area contributed by atoms with Crippen LogP contribution in [0.4, 0.5) is 10.1 Å². The molecular weight excluding hydrogens is 461 g/mol. The molecule has 0 saturated carbocycles. The summed E-state index contributed by atoms with van der Waals surface area (Å²) in [5.74, 6) is -2.18. The molecule has 174 valence electrons. The van der Waals surface area contributed by atoms with Gasteiger partial charge in [-0.2, -0.15) is 0 Å². The molecular formula is C26H21ClFNO5. The lowest BCUT2D eigenvalue weighted by molar-refractivity contribution is -0.132. The zero-order chi connectivity index (χ0) is 24.4. The summed E-state index contributed by atoms with van der Waals surface area (Å²) in [6.45, 7) is 2.11. The predicted octanol–water partition coefficient (Wildman–Crippen LogP) is 5.51. The van der Waals surface area contributed by atoms with E-state index >= 15 is 0 Å². The monoisotopic (exact) mass is 481 g/mol. The zero-order valence-corrected chi connectivity index (χ0v) is 19.2. The fraction of sp³-hybridized carbons (Fsp3) is 0.154. The molecule has 0 aromatic heterocycles. The molecule has 4 rings (SSSR count). The summed E-state index contributed by atoms with van der Waals surface area (Å²) < 4.78 is 25.7. The zero-order valence-electron chi connectivity index (χ0n) is 18.4. The van der Waals surface area contributed by atoms with Crippen molar-refractivity contribution in [3.63, 3.8) is 0 Å². The van der Waals surface area contributed by atoms with Crippen molar-refractivity contribution in [1.82, 2.24) is 0 Å². The molecule has 3 aromatic carbocycles. The number of Topliss-reactive ketones (excluding diaryl/α,β-unsaturated/α-hetero) is 1. The molecule has 8 heteroatoms. The second kappa shape index (κ2) is 9.57. The highest BCUT2D eigenvalue weighted by Gasteiger charge is 2.48. The standard InChI is InChI=1S/C26H21ClFNO5/c1-3-34-21-13-15(11-12-19(21)27)24(30)22-23(18-9-4-5-10-20(18)28)29(26(32)25(22)31)16-7-6-8-17(14-16)33-2/h4-14,23,30H,3H2,1-2H3/b24-22+. The average molecular weight is 482 g/mol. The summed E-state index contributed by atoms with van der Waals surface area (Å²) in [5, 5.41) is 11.5. The van der Waals surface area contributed by atoms with E-state index in [0.717, 1.165) is 4.90 Å². The van der Waals surface area contributed by atoms with E-state index in [9.17, 15) is 19.1 Å². The Morgan fingerprint density at radius 3 is 2.56 bits per heavy atom. The van der Waals surface area contributed by atoms with Crippen molar-refractivity contribution in [2.24, 2.45) is 0 Å². The van der Waals surface area contributed by atoms with Crippen LogP contribution in [0.25, 0.3) is 5.76 Å². The molecule has 1 N–H and O–H groups in total. The molecule has 6 nitrogen and oxygen atoms in total. The Hall–Kier alpha value is -3.84. The van der Waals surface area contributed by atoms with Crippen LogP contribution in [0.1, 0.15) is 24.1 Å². The maximum atomic E-state index is 15.0. The van der Waals surface area contributed by atoms with Crippen LogP contribution in [0.3, 0.4) is 0 Å². The fourth-order valence-corrected chi connectivity index (χ4v) is 4.09. The van der Waals surface area contributed by atoms with E-state index in [1.165, 1.54) is 43.5 Å². The highest BCUT2D eigenvalue weighted by Crippen LogP contribution is 2.44. The van der Waals surface area contributed by atoms with E-state index in [0.29, 0.717) is 28.8 Å². The summed E-state index contributed by atoms with van der Waals surface area (Å²) in [6.07, 6.45) is 0. The average Bonchev–Trinajstić information content (AvgIpc) is 3.10. The van der Waals surface area contributed by atoms with Crippen LogP contribution in [0, 0.1) is 5.82 Å². The van der Waals surface area contributed by atoms with Gasteiger partial charge in [0.25, 0.3) is 11.7 Å². The maximum Gasteiger partial charge on any atom is 0.300 e. The number of carbonyl (C=O) groups excluding carboxylic acids is 2. The minimum atomic E-state index is -1.21. The molecule has 0 spiro atoms. The van der Waals surface area contributed by atoms with Gasteiger partial charge in [0.15, 0.2) is 0 Å². The van der Waals surface area contributed by atoms with Crippen molar-refractivity contribution in [2.45, 2.75) is 13.0 Å². The molecule has 3 aromatic rings. The van der Waals surface area contributed by atoms with Gasteiger partial charge in [-0.15, -0.1) is 0 Å². The second-order valence-electron chi connectivity index (χ2n) is 7.47. The highest BCUT2D eigenvalue weighted by atomic mass is 35.5. The molecule has 1 atom stereocenters. The van der Waals surface area contributed by atoms with E-state index in [2.05, 4.69) is 0 Å². The van der Waals surface area contributed by atoms with E-state index in [-0.39, 0.29) is 16.7 Å². The molecule has 1 aliphatic heterocycles. The fourth-order valence-electron chi connectivity index (χ4n) is 3.92. The van der Waals surface area contributed by atoms with Gasteiger partial charge in [-0.05, 0) is 43.3 Å². The SMILES string of the molecule is CCOc1cc(/C(O)=C2\C(=O)C(=O)N(c3cccc(OC)c3)C2c2ccccc2F)ccc1Cl. The molecule has 34 heavy (non-hydrogen) atoms. The van der Waals surface area contributed by atoms with Gasteiger partial charge in [0.05, 0.1) is 30.4 Å². The van der Waals surface area contributed by atoms with Gasteiger partial charge >= 0.3 is 0 Å². The van der Waals surface area contributed by atoms with Gasteiger partial charge in [-0.1, -0.05) is 35.9 Å². The van der Waals surface area contributed by atoms with Gasteiger partial charge in [0, 0.05) is 22.9 Å². The molecule has 1 fully saturated rings. The number of anilines is 1. The third-order valence-electron chi connectivity index (χ3n) is 5.48. The number of ketones is 1. The van der Waals surface area contributed by atoms with Crippen molar-refractivity contribution in [1.29, 1.82) is 0 Å². The molecule has 0 radical (unpaired) electrons. The Kier molecular flexibility index (Phi) is 6.56. The quantitative estimate of drug-likeness (QED) is 0.285. The Balaban J connectivity index is 1.95. The van der Waals surface area contributed by atoms with Crippen molar-refractivity contribution >= 4 is 34.7 Å². The minimum absolute atomic E-state index is 0.0602. The lowest BCUT2D eigenvalue weighted by Crippen LogP contribution is -2.29. The van der Waals surface area contributed by atoms with Crippen molar-refractivity contribution < 1.29 is 28.6 Å². The van der Waals surface area contributed by atoms with Crippen LogP contribution in [-0.2, 0) is 9.59 Å². The smallest absolute Gasteiger partial charge is 0.300 e. The van der Waals surface area contributed by atoms with Gasteiger partial charge in [0.2, 0.25) is 0 Å². The Morgan fingerprint density at radius 1 is 1.09 bits per heavy atom. The predicted molar refractivity (Wildman–Crippen MR) is 127 cm³/mol. The summed E-state index contributed by atoms with van der Waals surface area (Å²) in [4.78, 5) is 27.6. The van der Waals surface area contributed by atoms with Crippen LogP contribution < -0.4 is 14.4 Å². The largest absolute Gasteiger partial charge is 0.507 e. The molecule has 1 amide bonds. The lowest BCUT2D eigenvalue weighted by Gasteiger charge is -2.26. The van der Waals surface area contributed by atoms with E-state index < -0.39 is 29.3 Å². The van der Waals surface area contributed by atoms with Crippen molar-refractivity contribution in [3.8, 4) is 11.5 Å². The first-order chi connectivity index (χ1) is 16.4. The number of nitrogens with zero attached hydrogens (tertiary/aromatic N) is 1. The molecule has 0 aliphatic carbocycles. The molecule has 1 saturated heterocycles. The van der Waals surface area contributed by atoms with E-state index in [4.69, 9.17) is 21.1 Å². The molecule has 1 aliphatic rings. The highest BCUT2D eigenvalue weighted by molar-refractivity contribution is 6.51.